The second-order valence-corrected chi connectivity index (χ2v) is 8.15. The molecule has 1 N–H and O–H groups in total. The Bertz CT molecular complexity index is 357. The summed E-state index contributed by atoms with van der Waals surface area (Å²) in [6.07, 6.45) is 9.66. The largest absolute Gasteiger partial charge is 0.314 e. The van der Waals surface area contributed by atoms with Crippen LogP contribution in [-0.2, 0) is 10.0 Å². The predicted molar refractivity (Wildman–Crippen MR) is 85.4 cm³/mol. The van der Waals surface area contributed by atoms with E-state index in [1.165, 1.54) is 38.4 Å². The molecule has 20 heavy (non-hydrogen) atoms. The van der Waals surface area contributed by atoms with Gasteiger partial charge in [0.1, 0.15) is 0 Å². The molecule has 2 unspecified atom stereocenters. The highest BCUT2D eigenvalue weighted by atomic mass is 32.2. The molecule has 0 bridgehead atoms. The van der Waals surface area contributed by atoms with E-state index in [4.69, 9.17) is 0 Å². The number of hydrogen-bond acceptors (Lipinski definition) is 3. The molecule has 0 aliphatic carbocycles. The molecule has 0 amide bonds. The quantitative estimate of drug-likeness (QED) is 0.712. The fourth-order valence-electron chi connectivity index (χ4n) is 2.98. The summed E-state index contributed by atoms with van der Waals surface area (Å²) in [6, 6.07) is 0.605. The molecule has 5 heteroatoms. The minimum atomic E-state index is -3.02. The smallest absolute Gasteiger partial charge is 0.211 e. The normalized spacial score (nSPS) is 22.9. The summed E-state index contributed by atoms with van der Waals surface area (Å²) < 4.78 is 24.9. The Kier molecular flexibility index (Phi) is 8.07. The van der Waals surface area contributed by atoms with E-state index >= 15 is 0 Å². The molecule has 0 radical (unpaired) electrons. The summed E-state index contributed by atoms with van der Waals surface area (Å²) in [5, 5.41) is 3.68. The number of nitrogens with zero attached hydrogens (tertiary/aromatic N) is 1. The number of rotatable bonds is 9. The molecule has 1 aliphatic rings. The van der Waals surface area contributed by atoms with Gasteiger partial charge < -0.3 is 5.32 Å². The zero-order valence-corrected chi connectivity index (χ0v) is 14.2. The maximum Gasteiger partial charge on any atom is 0.211 e. The molecule has 1 saturated heterocycles. The number of sulfonamides is 1. The molecule has 1 rings (SSSR count). The van der Waals surface area contributed by atoms with E-state index in [0.29, 0.717) is 25.0 Å². The van der Waals surface area contributed by atoms with Gasteiger partial charge in [-0.15, -0.1) is 0 Å². The van der Waals surface area contributed by atoms with Gasteiger partial charge in [0.2, 0.25) is 10.0 Å². The van der Waals surface area contributed by atoms with Crippen LogP contribution in [-0.4, -0.2) is 44.7 Å². The van der Waals surface area contributed by atoms with E-state index in [1.807, 2.05) is 0 Å². The van der Waals surface area contributed by atoms with Crippen molar-refractivity contribution >= 4 is 10.0 Å². The van der Waals surface area contributed by atoms with Crippen molar-refractivity contribution < 1.29 is 8.42 Å². The molecule has 0 spiro atoms. The lowest BCUT2D eigenvalue weighted by atomic mass is 9.98. The average Bonchev–Trinajstić information content (AvgIpc) is 2.41. The number of nitrogens with one attached hydrogen (secondary N) is 1. The lowest BCUT2D eigenvalue weighted by molar-refractivity contribution is 0.251. The Hall–Kier alpha value is -0.130. The summed E-state index contributed by atoms with van der Waals surface area (Å²) in [4.78, 5) is 0. The third kappa shape index (κ3) is 6.55. The molecule has 0 aromatic rings. The molecule has 4 nitrogen and oxygen atoms in total. The van der Waals surface area contributed by atoms with Crippen molar-refractivity contribution in [2.75, 3.05) is 25.9 Å². The maximum absolute atomic E-state index is 11.6. The third-order valence-electron chi connectivity index (χ3n) is 4.19. The van der Waals surface area contributed by atoms with Crippen molar-refractivity contribution in [2.24, 2.45) is 5.92 Å². The van der Waals surface area contributed by atoms with Crippen LogP contribution in [0.3, 0.4) is 0 Å². The highest BCUT2D eigenvalue weighted by Crippen LogP contribution is 2.18. The first kappa shape index (κ1) is 17.9. The summed E-state index contributed by atoms with van der Waals surface area (Å²) >= 11 is 0. The number of hydrogen-bond donors (Lipinski definition) is 1. The fraction of sp³-hybridized carbons (Fsp3) is 1.00. The van der Waals surface area contributed by atoms with Gasteiger partial charge in [0, 0.05) is 19.1 Å². The Labute approximate surface area is 125 Å². The zero-order chi connectivity index (χ0) is 15.0. The van der Waals surface area contributed by atoms with Gasteiger partial charge in [-0.2, -0.15) is 0 Å². The predicted octanol–water partition coefficient (Wildman–Crippen LogP) is 2.61. The third-order valence-corrected chi connectivity index (χ3v) is 5.46. The Morgan fingerprint density at radius 1 is 1.25 bits per heavy atom. The summed E-state index contributed by atoms with van der Waals surface area (Å²) in [7, 11) is -3.02. The first-order valence-corrected chi connectivity index (χ1v) is 10.0. The van der Waals surface area contributed by atoms with Crippen molar-refractivity contribution in [3.05, 3.63) is 0 Å². The summed E-state index contributed by atoms with van der Waals surface area (Å²) in [5.74, 6) is 0.472. The van der Waals surface area contributed by atoms with E-state index in [2.05, 4.69) is 19.2 Å². The van der Waals surface area contributed by atoms with Gasteiger partial charge in [-0.1, -0.05) is 33.1 Å². The Morgan fingerprint density at radius 3 is 2.60 bits per heavy atom. The van der Waals surface area contributed by atoms with E-state index in [1.54, 1.807) is 4.31 Å². The SMILES string of the molecule is CCCCC(CCC)NCC1CCCN(S(C)(=O)=O)C1. The number of unbranched alkanes of at least 4 members (excludes halogenated alkanes) is 1. The molecule has 2 atom stereocenters. The highest BCUT2D eigenvalue weighted by molar-refractivity contribution is 7.88. The molecule has 120 valence electrons. The molecule has 1 fully saturated rings. The first-order chi connectivity index (χ1) is 9.47. The van der Waals surface area contributed by atoms with Gasteiger partial charge in [0.25, 0.3) is 0 Å². The second-order valence-electron chi connectivity index (χ2n) is 6.17. The van der Waals surface area contributed by atoms with Crippen LogP contribution in [0.1, 0.15) is 58.8 Å². The summed E-state index contributed by atoms with van der Waals surface area (Å²) in [5.41, 5.74) is 0. The van der Waals surface area contributed by atoms with Gasteiger partial charge in [-0.05, 0) is 38.1 Å². The van der Waals surface area contributed by atoms with Crippen LogP contribution in [0, 0.1) is 5.92 Å². The number of piperidine rings is 1. The van der Waals surface area contributed by atoms with Crippen molar-refractivity contribution in [3.8, 4) is 0 Å². The molecule has 1 heterocycles. The average molecular weight is 305 g/mol. The Balaban J connectivity index is 2.38. The van der Waals surface area contributed by atoms with E-state index in [0.717, 1.165) is 19.4 Å². The standard InChI is InChI=1S/C15H32N2O2S/c1-4-6-10-15(8-5-2)16-12-14-9-7-11-17(13-14)20(3,18)19/h14-16H,4-13H2,1-3H3. The fourth-order valence-corrected chi connectivity index (χ4v) is 3.92. The molecule has 0 aromatic heterocycles. The van der Waals surface area contributed by atoms with Crippen molar-refractivity contribution in [2.45, 2.75) is 64.8 Å². The minimum Gasteiger partial charge on any atom is -0.314 e. The molecule has 0 aromatic carbocycles. The second kappa shape index (κ2) is 9.00. The van der Waals surface area contributed by atoms with Crippen LogP contribution in [0.2, 0.25) is 0 Å². The first-order valence-electron chi connectivity index (χ1n) is 8.15. The lowest BCUT2D eigenvalue weighted by Crippen LogP contribution is -2.44. The summed E-state index contributed by atoms with van der Waals surface area (Å²) in [6.45, 7) is 6.81. The van der Waals surface area contributed by atoms with Gasteiger partial charge in [-0.3, -0.25) is 0 Å². The van der Waals surface area contributed by atoms with Crippen LogP contribution >= 0.6 is 0 Å². The Morgan fingerprint density at radius 2 is 2.00 bits per heavy atom. The topological polar surface area (TPSA) is 49.4 Å². The van der Waals surface area contributed by atoms with Gasteiger partial charge in [0.05, 0.1) is 6.26 Å². The van der Waals surface area contributed by atoms with E-state index in [9.17, 15) is 8.42 Å². The van der Waals surface area contributed by atoms with Crippen LogP contribution in [0.4, 0.5) is 0 Å². The van der Waals surface area contributed by atoms with Crippen LogP contribution in [0.5, 0.6) is 0 Å². The maximum atomic E-state index is 11.6. The van der Waals surface area contributed by atoms with E-state index < -0.39 is 10.0 Å². The van der Waals surface area contributed by atoms with Crippen LogP contribution in [0.15, 0.2) is 0 Å². The highest BCUT2D eigenvalue weighted by Gasteiger charge is 2.25. The van der Waals surface area contributed by atoms with Crippen LogP contribution < -0.4 is 5.32 Å². The van der Waals surface area contributed by atoms with Gasteiger partial charge in [-0.25, -0.2) is 12.7 Å². The lowest BCUT2D eigenvalue weighted by Gasteiger charge is -2.32. The molecular weight excluding hydrogens is 272 g/mol. The van der Waals surface area contributed by atoms with Gasteiger partial charge in [0.15, 0.2) is 0 Å². The zero-order valence-electron chi connectivity index (χ0n) is 13.4. The monoisotopic (exact) mass is 304 g/mol. The van der Waals surface area contributed by atoms with Crippen LogP contribution in [0.25, 0.3) is 0 Å². The van der Waals surface area contributed by atoms with E-state index in [-0.39, 0.29) is 0 Å². The molecular formula is C15H32N2O2S. The van der Waals surface area contributed by atoms with Crippen molar-refractivity contribution in [1.82, 2.24) is 9.62 Å². The van der Waals surface area contributed by atoms with Crippen molar-refractivity contribution in [3.63, 3.8) is 0 Å². The minimum absolute atomic E-state index is 0.472. The molecule has 0 saturated carbocycles. The molecule has 1 aliphatic heterocycles. The van der Waals surface area contributed by atoms with Gasteiger partial charge >= 0.3 is 0 Å². The van der Waals surface area contributed by atoms with Crippen molar-refractivity contribution in [1.29, 1.82) is 0 Å².